The zero-order chi connectivity index (χ0) is 14.8. The third-order valence-corrected chi connectivity index (χ3v) is 5.38. The van der Waals surface area contributed by atoms with Gasteiger partial charge in [0.1, 0.15) is 0 Å². The Labute approximate surface area is 127 Å². The number of nitrogens with two attached hydrogens (primary N) is 1. The standard InChI is InChI=1S/C15H27N3OS/c1-12(13(16)20)17-8-10-18(11-9-17)14(19)15(2)6-4-3-5-7-15/h12H,3-11H2,1-2H3,(H2,16,20). The lowest BCUT2D eigenvalue weighted by Gasteiger charge is -2.42. The van der Waals surface area contributed by atoms with E-state index in [1.807, 2.05) is 11.8 Å². The van der Waals surface area contributed by atoms with Gasteiger partial charge in [0.25, 0.3) is 0 Å². The molecule has 0 aromatic heterocycles. The Balaban J connectivity index is 1.90. The maximum Gasteiger partial charge on any atom is 0.228 e. The number of amides is 1. The van der Waals surface area contributed by atoms with Crippen LogP contribution in [0.15, 0.2) is 0 Å². The number of carbonyl (C=O) groups excluding carboxylic acids is 1. The second kappa shape index (κ2) is 6.39. The number of carbonyl (C=O) groups is 1. The fourth-order valence-corrected chi connectivity index (χ4v) is 3.57. The van der Waals surface area contributed by atoms with Crippen LogP contribution in [0.3, 0.4) is 0 Å². The van der Waals surface area contributed by atoms with Gasteiger partial charge in [-0.3, -0.25) is 9.69 Å². The second-order valence-electron chi connectivity index (χ2n) is 6.53. The Bertz CT molecular complexity index is 371. The van der Waals surface area contributed by atoms with Crippen LogP contribution in [-0.2, 0) is 4.79 Å². The average Bonchev–Trinajstić information content (AvgIpc) is 2.46. The molecule has 1 heterocycles. The number of hydrogen-bond donors (Lipinski definition) is 1. The lowest BCUT2D eigenvalue weighted by molar-refractivity contribution is -0.145. The first-order valence-corrected chi connectivity index (χ1v) is 8.18. The average molecular weight is 297 g/mol. The van der Waals surface area contributed by atoms with Crippen LogP contribution < -0.4 is 5.73 Å². The van der Waals surface area contributed by atoms with E-state index in [0.717, 1.165) is 39.0 Å². The van der Waals surface area contributed by atoms with Crippen LogP contribution in [0.2, 0.25) is 0 Å². The topological polar surface area (TPSA) is 49.6 Å². The highest BCUT2D eigenvalue weighted by atomic mass is 32.1. The molecule has 5 heteroatoms. The first-order valence-electron chi connectivity index (χ1n) is 7.77. The predicted molar refractivity (Wildman–Crippen MR) is 85.6 cm³/mol. The quantitative estimate of drug-likeness (QED) is 0.807. The van der Waals surface area contributed by atoms with Crippen molar-refractivity contribution in [2.45, 2.75) is 52.0 Å². The van der Waals surface area contributed by atoms with Crippen LogP contribution in [0.5, 0.6) is 0 Å². The van der Waals surface area contributed by atoms with E-state index in [-0.39, 0.29) is 11.5 Å². The van der Waals surface area contributed by atoms with E-state index in [1.165, 1.54) is 19.3 Å². The van der Waals surface area contributed by atoms with Gasteiger partial charge < -0.3 is 10.6 Å². The van der Waals surface area contributed by atoms with Crippen LogP contribution in [0, 0.1) is 5.41 Å². The van der Waals surface area contributed by atoms with Crippen molar-refractivity contribution < 1.29 is 4.79 Å². The minimum Gasteiger partial charge on any atom is -0.392 e. The minimum absolute atomic E-state index is 0.116. The lowest BCUT2D eigenvalue weighted by atomic mass is 9.74. The third-order valence-electron chi connectivity index (χ3n) is 5.03. The largest absolute Gasteiger partial charge is 0.392 e. The molecule has 2 aliphatic rings. The molecule has 0 aromatic rings. The molecule has 2 rings (SSSR count). The highest BCUT2D eigenvalue weighted by Gasteiger charge is 2.38. The monoisotopic (exact) mass is 297 g/mol. The van der Waals surface area contributed by atoms with Gasteiger partial charge in [0, 0.05) is 31.6 Å². The molecule has 2 fully saturated rings. The molecule has 1 unspecified atom stereocenters. The van der Waals surface area contributed by atoms with Crippen molar-refractivity contribution in [2.75, 3.05) is 26.2 Å². The molecule has 0 radical (unpaired) electrons. The molecular formula is C15H27N3OS. The lowest BCUT2D eigenvalue weighted by Crippen LogP contribution is -2.56. The predicted octanol–water partition coefficient (Wildman–Crippen LogP) is 1.78. The first-order chi connectivity index (χ1) is 9.44. The second-order valence-corrected chi connectivity index (χ2v) is 7.00. The molecule has 1 atom stereocenters. The van der Waals surface area contributed by atoms with Crippen molar-refractivity contribution in [2.24, 2.45) is 11.1 Å². The van der Waals surface area contributed by atoms with Crippen molar-refractivity contribution in [3.05, 3.63) is 0 Å². The number of piperazine rings is 1. The Kier molecular flexibility index (Phi) is 5.02. The summed E-state index contributed by atoms with van der Waals surface area (Å²) in [5.74, 6) is 0.361. The molecule has 2 N–H and O–H groups in total. The van der Waals surface area contributed by atoms with E-state index in [0.29, 0.717) is 10.9 Å². The molecule has 1 amide bonds. The fourth-order valence-electron chi connectivity index (χ4n) is 3.42. The van der Waals surface area contributed by atoms with E-state index in [2.05, 4.69) is 11.8 Å². The van der Waals surface area contributed by atoms with Gasteiger partial charge in [-0.15, -0.1) is 0 Å². The van der Waals surface area contributed by atoms with Crippen LogP contribution >= 0.6 is 12.2 Å². The van der Waals surface area contributed by atoms with Gasteiger partial charge >= 0.3 is 0 Å². The summed E-state index contributed by atoms with van der Waals surface area (Å²) in [5, 5.41) is 0. The van der Waals surface area contributed by atoms with E-state index in [9.17, 15) is 4.79 Å². The highest BCUT2D eigenvalue weighted by Crippen LogP contribution is 2.37. The zero-order valence-corrected chi connectivity index (χ0v) is 13.5. The van der Waals surface area contributed by atoms with Gasteiger partial charge in [0.05, 0.1) is 11.0 Å². The van der Waals surface area contributed by atoms with Crippen LogP contribution in [0.4, 0.5) is 0 Å². The number of nitrogens with zero attached hydrogens (tertiary/aromatic N) is 2. The molecule has 0 spiro atoms. The SMILES string of the molecule is CC(C(N)=S)N1CCN(C(=O)C2(C)CCCCC2)CC1. The fraction of sp³-hybridized carbons (Fsp3) is 0.867. The van der Waals surface area contributed by atoms with E-state index < -0.39 is 0 Å². The maximum atomic E-state index is 12.7. The molecular weight excluding hydrogens is 270 g/mol. The summed E-state index contributed by atoms with van der Waals surface area (Å²) >= 11 is 5.06. The van der Waals surface area contributed by atoms with Gasteiger partial charge in [0.15, 0.2) is 0 Å². The molecule has 0 bridgehead atoms. The van der Waals surface area contributed by atoms with Crippen molar-refractivity contribution in [1.82, 2.24) is 9.80 Å². The normalized spacial score (nSPS) is 25.2. The maximum absolute atomic E-state index is 12.7. The van der Waals surface area contributed by atoms with E-state index >= 15 is 0 Å². The van der Waals surface area contributed by atoms with Gasteiger partial charge in [0.2, 0.25) is 5.91 Å². The molecule has 4 nitrogen and oxygen atoms in total. The molecule has 114 valence electrons. The minimum atomic E-state index is -0.116. The summed E-state index contributed by atoms with van der Waals surface area (Å²) in [7, 11) is 0. The third kappa shape index (κ3) is 3.31. The Morgan fingerprint density at radius 2 is 1.70 bits per heavy atom. The van der Waals surface area contributed by atoms with Gasteiger partial charge in [-0.1, -0.05) is 38.4 Å². The molecule has 20 heavy (non-hydrogen) atoms. The number of thiocarbonyl (C=S) groups is 1. The van der Waals surface area contributed by atoms with Crippen molar-refractivity contribution in [3.8, 4) is 0 Å². The highest BCUT2D eigenvalue weighted by molar-refractivity contribution is 7.80. The van der Waals surface area contributed by atoms with Crippen molar-refractivity contribution in [3.63, 3.8) is 0 Å². The molecule has 1 aliphatic heterocycles. The summed E-state index contributed by atoms with van der Waals surface area (Å²) in [5.41, 5.74) is 5.59. The smallest absolute Gasteiger partial charge is 0.228 e. The van der Waals surface area contributed by atoms with Crippen molar-refractivity contribution >= 4 is 23.1 Å². The van der Waals surface area contributed by atoms with Gasteiger partial charge in [-0.25, -0.2) is 0 Å². The van der Waals surface area contributed by atoms with Crippen LogP contribution in [-0.4, -0.2) is 52.9 Å². The summed E-state index contributed by atoms with van der Waals surface area (Å²) in [6.45, 7) is 7.56. The Morgan fingerprint density at radius 1 is 1.15 bits per heavy atom. The van der Waals surface area contributed by atoms with Gasteiger partial charge in [-0.2, -0.15) is 0 Å². The first kappa shape index (κ1) is 15.7. The summed E-state index contributed by atoms with van der Waals surface area (Å²) in [4.78, 5) is 17.6. The molecule has 1 saturated carbocycles. The summed E-state index contributed by atoms with van der Waals surface area (Å²) in [6, 6.07) is 0.132. The Hall–Kier alpha value is -0.680. The Morgan fingerprint density at radius 3 is 2.20 bits per heavy atom. The number of hydrogen-bond acceptors (Lipinski definition) is 3. The summed E-state index contributed by atoms with van der Waals surface area (Å²) < 4.78 is 0. The van der Waals surface area contributed by atoms with Crippen LogP contribution in [0.1, 0.15) is 46.0 Å². The van der Waals surface area contributed by atoms with E-state index in [1.54, 1.807) is 0 Å². The molecule has 0 aromatic carbocycles. The summed E-state index contributed by atoms with van der Waals surface area (Å²) in [6.07, 6.45) is 5.77. The van der Waals surface area contributed by atoms with Gasteiger partial charge in [-0.05, 0) is 19.8 Å². The molecule has 1 aliphatic carbocycles. The number of rotatable bonds is 3. The molecule has 1 saturated heterocycles. The van der Waals surface area contributed by atoms with Crippen molar-refractivity contribution in [1.29, 1.82) is 0 Å². The van der Waals surface area contributed by atoms with Crippen LogP contribution in [0.25, 0.3) is 0 Å². The zero-order valence-electron chi connectivity index (χ0n) is 12.7. The van der Waals surface area contributed by atoms with E-state index in [4.69, 9.17) is 18.0 Å².